The Morgan fingerprint density at radius 2 is 1.90 bits per heavy atom. The second-order valence-electron chi connectivity index (χ2n) is 5.23. The number of carbonyl (C=O) groups excluding carboxylic acids is 1. The molecular weight excluding hydrogens is 262 g/mol. The molecule has 2 aromatic rings. The number of benzene rings is 2. The zero-order chi connectivity index (χ0) is 15.2. The molecule has 0 aliphatic heterocycles. The summed E-state index contributed by atoms with van der Waals surface area (Å²) in [6, 6.07) is 15.8. The van der Waals surface area contributed by atoms with Gasteiger partial charge in [0.25, 0.3) is 5.91 Å². The lowest BCUT2D eigenvalue weighted by Gasteiger charge is -2.16. The third kappa shape index (κ3) is 4.35. The molecule has 1 atom stereocenters. The second kappa shape index (κ2) is 6.93. The normalized spacial score (nSPS) is 11.8. The molecule has 0 aromatic heterocycles. The molecule has 0 fully saturated rings. The number of rotatable bonds is 5. The van der Waals surface area contributed by atoms with Gasteiger partial charge in [-0.15, -0.1) is 0 Å². The van der Waals surface area contributed by atoms with Gasteiger partial charge in [-0.2, -0.15) is 0 Å². The molecule has 0 spiro atoms. The number of nitrogens with one attached hydrogen (secondary N) is 1. The maximum Gasteiger partial charge on any atom is 0.261 e. The first-order valence-electron chi connectivity index (χ1n) is 7.12. The minimum atomic E-state index is -0.518. The van der Waals surface area contributed by atoms with E-state index in [0.717, 1.165) is 16.9 Å². The molecule has 2 rings (SSSR count). The summed E-state index contributed by atoms with van der Waals surface area (Å²) in [6.07, 6.45) is -0.518. The topological polar surface area (TPSA) is 38.3 Å². The third-order valence-electron chi connectivity index (χ3n) is 3.32. The summed E-state index contributed by atoms with van der Waals surface area (Å²) >= 11 is 0. The van der Waals surface area contributed by atoms with Gasteiger partial charge in [-0.05, 0) is 38.0 Å². The van der Waals surface area contributed by atoms with Crippen LogP contribution in [-0.4, -0.2) is 12.0 Å². The van der Waals surface area contributed by atoms with Crippen molar-refractivity contribution in [2.45, 2.75) is 33.4 Å². The number of amides is 1. The van der Waals surface area contributed by atoms with Crippen molar-refractivity contribution in [1.82, 2.24) is 5.32 Å². The Balaban J connectivity index is 1.90. The first-order valence-corrected chi connectivity index (χ1v) is 7.12. The van der Waals surface area contributed by atoms with Crippen molar-refractivity contribution >= 4 is 5.91 Å². The van der Waals surface area contributed by atoms with Crippen molar-refractivity contribution in [3.05, 3.63) is 65.2 Å². The predicted octanol–water partition coefficient (Wildman–Crippen LogP) is 3.39. The lowest BCUT2D eigenvalue weighted by Crippen LogP contribution is -2.36. The molecule has 0 aliphatic carbocycles. The third-order valence-corrected chi connectivity index (χ3v) is 3.32. The predicted molar refractivity (Wildman–Crippen MR) is 84.3 cm³/mol. The van der Waals surface area contributed by atoms with E-state index >= 15 is 0 Å². The van der Waals surface area contributed by atoms with Crippen molar-refractivity contribution < 1.29 is 9.53 Å². The van der Waals surface area contributed by atoms with Crippen LogP contribution < -0.4 is 10.1 Å². The number of hydrogen-bond acceptors (Lipinski definition) is 2. The highest BCUT2D eigenvalue weighted by atomic mass is 16.5. The summed E-state index contributed by atoms with van der Waals surface area (Å²) in [5.41, 5.74) is 3.30. The van der Waals surface area contributed by atoms with Crippen LogP contribution in [0.1, 0.15) is 23.6 Å². The molecule has 110 valence electrons. The molecule has 0 unspecified atom stereocenters. The van der Waals surface area contributed by atoms with Crippen LogP contribution in [0.25, 0.3) is 0 Å². The van der Waals surface area contributed by atoms with Crippen LogP contribution in [-0.2, 0) is 11.3 Å². The zero-order valence-electron chi connectivity index (χ0n) is 12.7. The molecule has 0 saturated carbocycles. The molecule has 1 amide bonds. The van der Waals surface area contributed by atoms with E-state index in [9.17, 15) is 4.79 Å². The lowest BCUT2D eigenvalue weighted by atomic mass is 10.1. The van der Waals surface area contributed by atoms with Crippen LogP contribution in [0.3, 0.4) is 0 Å². The van der Waals surface area contributed by atoms with E-state index in [0.29, 0.717) is 6.54 Å². The van der Waals surface area contributed by atoms with Gasteiger partial charge in [-0.1, -0.05) is 48.0 Å². The monoisotopic (exact) mass is 283 g/mol. The van der Waals surface area contributed by atoms with Crippen LogP contribution in [0.2, 0.25) is 0 Å². The number of hydrogen-bond donors (Lipinski definition) is 1. The van der Waals surface area contributed by atoms with Crippen LogP contribution in [0, 0.1) is 13.8 Å². The fraction of sp³-hybridized carbons (Fsp3) is 0.278. The smallest absolute Gasteiger partial charge is 0.261 e. The average Bonchev–Trinajstić information content (AvgIpc) is 2.47. The van der Waals surface area contributed by atoms with Gasteiger partial charge in [0.2, 0.25) is 0 Å². The molecule has 0 heterocycles. The van der Waals surface area contributed by atoms with Gasteiger partial charge in [-0.3, -0.25) is 4.79 Å². The largest absolute Gasteiger partial charge is 0.481 e. The molecular formula is C18H21NO2. The van der Waals surface area contributed by atoms with Crippen LogP contribution >= 0.6 is 0 Å². The maximum absolute atomic E-state index is 12.1. The van der Waals surface area contributed by atoms with Gasteiger partial charge >= 0.3 is 0 Å². The molecule has 0 bridgehead atoms. The number of ether oxygens (including phenoxy) is 1. The SMILES string of the molecule is Cc1cccc(CNC(=O)[C@H](C)Oc2ccccc2C)c1. The standard InChI is InChI=1S/C18H21NO2/c1-13-7-6-9-16(11-13)12-19-18(20)15(3)21-17-10-5-4-8-14(17)2/h4-11,15H,12H2,1-3H3,(H,19,20)/t15-/m0/s1. The molecule has 0 radical (unpaired) electrons. The quantitative estimate of drug-likeness (QED) is 0.913. The Morgan fingerprint density at radius 1 is 1.14 bits per heavy atom. The van der Waals surface area contributed by atoms with Gasteiger partial charge < -0.3 is 10.1 Å². The van der Waals surface area contributed by atoms with Gasteiger partial charge in [-0.25, -0.2) is 0 Å². The highest BCUT2D eigenvalue weighted by Crippen LogP contribution is 2.17. The van der Waals surface area contributed by atoms with Gasteiger partial charge in [0.15, 0.2) is 6.10 Å². The molecule has 1 N–H and O–H groups in total. The molecule has 21 heavy (non-hydrogen) atoms. The average molecular weight is 283 g/mol. The molecule has 0 saturated heterocycles. The minimum Gasteiger partial charge on any atom is -0.481 e. The summed E-state index contributed by atoms with van der Waals surface area (Å²) in [5, 5.41) is 2.90. The van der Waals surface area contributed by atoms with Crippen molar-refractivity contribution in [3.63, 3.8) is 0 Å². The van der Waals surface area contributed by atoms with Crippen molar-refractivity contribution in [2.75, 3.05) is 0 Å². The van der Waals surface area contributed by atoms with Gasteiger partial charge in [0.1, 0.15) is 5.75 Å². The number of para-hydroxylation sites is 1. The van der Waals surface area contributed by atoms with Gasteiger partial charge in [0, 0.05) is 6.54 Å². The summed E-state index contributed by atoms with van der Waals surface area (Å²) in [6.45, 7) is 6.28. The van der Waals surface area contributed by atoms with Crippen molar-refractivity contribution in [1.29, 1.82) is 0 Å². The number of aryl methyl sites for hydroxylation is 2. The van der Waals surface area contributed by atoms with Crippen LogP contribution in [0.4, 0.5) is 0 Å². The van der Waals surface area contributed by atoms with E-state index in [1.165, 1.54) is 5.56 Å². The van der Waals surface area contributed by atoms with Gasteiger partial charge in [0.05, 0.1) is 0 Å². The van der Waals surface area contributed by atoms with E-state index in [4.69, 9.17) is 4.74 Å². The lowest BCUT2D eigenvalue weighted by molar-refractivity contribution is -0.127. The van der Waals surface area contributed by atoms with Crippen molar-refractivity contribution in [2.24, 2.45) is 0 Å². The Labute approximate surface area is 126 Å². The van der Waals surface area contributed by atoms with Crippen LogP contribution in [0.5, 0.6) is 5.75 Å². The van der Waals surface area contributed by atoms with E-state index in [-0.39, 0.29) is 5.91 Å². The molecule has 3 nitrogen and oxygen atoms in total. The summed E-state index contributed by atoms with van der Waals surface area (Å²) in [7, 11) is 0. The Kier molecular flexibility index (Phi) is 4.99. The minimum absolute atomic E-state index is 0.111. The Bertz CT molecular complexity index is 622. The van der Waals surface area contributed by atoms with E-state index in [2.05, 4.69) is 11.4 Å². The second-order valence-corrected chi connectivity index (χ2v) is 5.23. The molecule has 0 aliphatic rings. The number of carbonyl (C=O) groups is 1. The maximum atomic E-state index is 12.1. The van der Waals surface area contributed by atoms with E-state index < -0.39 is 6.10 Å². The Hall–Kier alpha value is -2.29. The fourth-order valence-corrected chi connectivity index (χ4v) is 2.09. The summed E-state index contributed by atoms with van der Waals surface area (Å²) in [5.74, 6) is 0.635. The van der Waals surface area contributed by atoms with E-state index in [1.807, 2.05) is 56.3 Å². The summed E-state index contributed by atoms with van der Waals surface area (Å²) in [4.78, 5) is 12.1. The highest BCUT2D eigenvalue weighted by Gasteiger charge is 2.14. The Morgan fingerprint density at radius 3 is 2.62 bits per heavy atom. The first kappa shape index (κ1) is 15.1. The summed E-state index contributed by atoms with van der Waals surface area (Å²) < 4.78 is 5.71. The first-order chi connectivity index (χ1) is 10.1. The molecule has 3 heteroatoms. The zero-order valence-corrected chi connectivity index (χ0v) is 12.7. The van der Waals surface area contributed by atoms with Crippen molar-refractivity contribution in [3.8, 4) is 5.75 Å². The van der Waals surface area contributed by atoms with Crippen LogP contribution in [0.15, 0.2) is 48.5 Å². The molecule has 2 aromatic carbocycles. The highest BCUT2D eigenvalue weighted by molar-refractivity contribution is 5.80. The van der Waals surface area contributed by atoms with E-state index in [1.54, 1.807) is 6.92 Å². The fourth-order valence-electron chi connectivity index (χ4n) is 2.09.